The molecule has 2 heterocycles. The van der Waals surface area contributed by atoms with E-state index in [4.69, 9.17) is 5.73 Å². The second-order valence-electron chi connectivity index (χ2n) is 4.71. The number of hydrogen-bond donors (Lipinski definition) is 1. The molecule has 1 atom stereocenters. The third kappa shape index (κ3) is 2.44. The number of aryl methyl sites for hydroxylation is 1. The Morgan fingerprint density at radius 3 is 2.94 bits per heavy atom. The summed E-state index contributed by atoms with van der Waals surface area (Å²) in [5, 5.41) is 4.51. The molecule has 0 spiro atoms. The highest BCUT2D eigenvalue weighted by molar-refractivity contribution is 5.11. The predicted molar refractivity (Wildman–Crippen MR) is 65.0 cm³/mol. The molecule has 0 saturated carbocycles. The zero-order valence-electron chi connectivity index (χ0n) is 10.3. The Bertz CT molecular complexity index is 345. The van der Waals surface area contributed by atoms with Gasteiger partial charge in [-0.15, -0.1) is 0 Å². The minimum atomic E-state index is 0.579. The maximum Gasteiger partial charge on any atom is 0.0631 e. The summed E-state index contributed by atoms with van der Waals surface area (Å²) in [6, 6.07) is 2.15. The summed E-state index contributed by atoms with van der Waals surface area (Å²) in [5.74, 6) is 0.778. The van der Waals surface area contributed by atoms with Gasteiger partial charge in [-0.3, -0.25) is 4.68 Å². The zero-order chi connectivity index (χ0) is 11.5. The first-order chi connectivity index (χ1) is 7.72. The van der Waals surface area contributed by atoms with Crippen LogP contribution in [0.4, 0.5) is 0 Å². The van der Waals surface area contributed by atoms with Gasteiger partial charge in [-0.1, -0.05) is 6.92 Å². The first-order valence-electron chi connectivity index (χ1n) is 6.17. The van der Waals surface area contributed by atoms with Gasteiger partial charge in [0.1, 0.15) is 0 Å². The van der Waals surface area contributed by atoms with Crippen molar-refractivity contribution in [1.29, 1.82) is 0 Å². The van der Waals surface area contributed by atoms with Gasteiger partial charge >= 0.3 is 0 Å². The van der Waals surface area contributed by atoms with Gasteiger partial charge in [-0.05, 0) is 37.9 Å². The molecule has 2 N–H and O–H groups in total. The third-order valence-corrected chi connectivity index (χ3v) is 3.55. The molecule has 0 radical (unpaired) electrons. The Labute approximate surface area is 97.4 Å². The van der Waals surface area contributed by atoms with E-state index in [1.807, 2.05) is 11.7 Å². The molecule has 1 fully saturated rings. The molecule has 0 aliphatic carbocycles. The molecule has 1 aromatic rings. The lowest BCUT2D eigenvalue weighted by molar-refractivity contribution is 0.341. The zero-order valence-corrected chi connectivity index (χ0v) is 10.3. The minimum absolute atomic E-state index is 0.579. The lowest BCUT2D eigenvalue weighted by Crippen LogP contribution is -2.20. The quantitative estimate of drug-likeness (QED) is 0.818. The first-order valence-corrected chi connectivity index (χ1v) is 6.17. The molecule has 2 rings (SSSR count). The van der Waals surface area contributed by atoms with Gasteiger partial charge in [0.05, 0.1) is 11.4 Å². The lowest BCUT2D eigenvalue weighted by Gasteiger charge is -2.11. The smallest absolute Gasteiger partial charge is 0.0631 e. The molecular weight excluding hydrogens is 200 g/mol. The largest absolute Gasteiger partial charge is 0.325 e. The number of hydrogen-bond acceptors (Lipinski definition) is 3. The molecule has 16 heavy (non-hydrogen) atoms. The van der Waals surface area contributed by atoms with Crippen LogP contribution in [0.2, 0.25) is 0 Å². The maximum absolute atomic E-state index is 5.65. The SMILES string of the molecule is CCN1CCC(Cc2cc(CN)n(C)n2)C1. The fourth-order valence-electron chi connectivity index (χ4n) is 2.52. The van der Waals surface area contributed by atoms with E-state index in [0.717, 1.165) is 18.0 Å². The molecule has 90 valence electrons. The monoisotopic (exact) mass is 222 g/mol. The van der Waals surface area contributed by atoms with Crippen LogP contribution in [0.25, 0.3) is 0 Å². The van der Waals surface area contributed by atoms with E-state index in [1.54, 1.807) is 0 Å². The molecule has 0 bridgehead atoms. The number of aromatic nitrogens is 2. The second kappa shape index (κ2) is 4.97. The van der Waals surface area contributed by atoms with Crippen molar-refractivity contribution < 1.29 is 0 Å². The van der Waals surface area contributed by atoms with Crippen LogP contribution in [0.5, 0.6) is 0 Å². The summed E-state index contributed by atoms with van der Waals surface area (Å²) in [4.78, 5) is 2.51. The summed E-state index contributed by atoms with van der Waals surface area (Å²) in [6.45, 7) is 6.46. The topological polar surface area (TPSA) is 47.1 Å². The normalized spacial score (nSPS) is 21.8. The van der Waals surface area contributed by atoms with Gasteiger partial charge in [0, 0.05) is 20.1 Å². The Balaban J connectivity index is 1.94. The minimum Gasteiger partial charge on any atom is -0.325 e. The molecule has 4 nitrogen and oxygen atoms in total. The molecule has 1 aromatic heterocycles. The van der Waals surface area contributed by atoms with Crippen LogP contribution in [0.3, 0.4) is 0 Å². The fourth-order valence-corrected chi connectivity index (χ4v) is 2.52. The summed E-state index contributed by atoms with van der Waals surface area (Å²) < 4.78 is 1.90. The average molecular weight is 222 g/mol. The number of likely N-dealkylation sites (tertiary alicyclic amines) is 1. The summed E-state index contributed by atoms with van der Waals surface area (Å²) in [7, 11) is 1.97. The number of nitrogens with two attached hydrogens (primary N) is 1. The molecule has 4 heteroatoms. The van der Waals surface area contributed by atoms with E-state index >= 15 is 0 Å². The van der Waals surface area contributed by atoms with Crippen LogP contribution in [0, 0.1) is 5.92 Å². The Morgan fingerprint density at radius 1 is 1.56 bits per heavy atom. The first kappa shape index (κ1) is 11.6. The van der Waals surface area contributed by atoms with E-state index in [2.05, 4.69) is 23.0 Å². The number of rotatable bonds is 4. The van der Waals surface area contributed by atoms with Gasteiger partial charge in [0.15, 0.2) is 0 Å². The molecule has 1 saturated heterocycles. The fraction of sp³-hybridized carbons (Fsp3) is 0.750. The Morgan fingerprint density at radius 2 is 2.38 bits per heavy atom. The van der Waals surface area contributed by atoms with E-state index in [9.17, 15) is 0 Å². The average Bonchev–Trinajstić information content (AvgIpc) is 2.85. The summed E-state index contributed by atoms with van der Waals surface area (Å²) in [5.41, 5.74) is 7.97. The Kier molecular flexibility index (Phi) is 3.61. The van der Waals surface area contributed by atoms with Crippen molar-refractivity contribution in [2.75, 3.05) is 19.6 Å². The maximum atomic E-state index is 5.65. The van der Waals surface area contributed by atoms with Crippen molar-refractivity contribution >= 4 is 0 Å². The predicted octanol–water partition coefficient (Wildman–Crippen LogP) is 0.763. The van der Waals surface area contributed by atoms with E-state index in [0.29, 0.717) is 6.54 Å². The van der Waals surface area contributed by atoms with Gasteiger partial charge in [-0.25, -0.2) is 0 Å². The molecular formula is C12H22N4. The van der Waals surface area contributed by atoms with Crippen LogP contribution in [0.15, 0.2) is 6.07 Å². The van der Waals surface area contributed by atoms with E-state index < -0.39 is 0 Å². The molecule has 1 aliphatic rings. The van der Waals surface area contributed by atoms with Crippen molar-refractivity contribution in [2.24, 2.45) is 18.7 Å². The highest BCUT2D eigenvalue weighted by Gasteiger charge is 2.22. The van der Waals surface area contributed by atoms with Crippen molar-refractivity contribution in [3.63, 3.8) is 0 Å². The standard InChI is InChI=1S/C12H22N4/c1-3-16-5-4-10(9-16)6-11-7-12(8-13)15(2)14-11/h7,10H,3-6,8-9,13H2,1-2H3. The van der Waals surface area contributed by atoms with Crippen LogP contribution in [0.1, 0.15) is 24.7 Å². The number of nitrogens with zero attached hydrogens (tertiary/aromatic N) is 3. The second-order valence-corrected chi connectivity index (χ2v) is 4.71. The summed E-state index contributed by atoms with van der Waals surface area (Å²) in [6.07, 6.45) is 2.41. The van der Waals surface area contributed by atoms with Crippen molar-refractivity contribution in [1.82, 2.24) is 14.7 Å². The van der Waals surface area contributed by atoms with Crippen molar-refractivity contribution in [3.05, 3.63) is 17.5 Å². The Hall–Kier alpha value is -0.870. The molecule has 1 unspecified atom stereocenters. The highest BCUT2D eigenvalue weighted by Crippen LogP contribution is 2.20. The third-order valence-electron chi connectivity index (χ3n) is 3.55. The van der Waals surface area contributed by atoms with Crippen LogP contribution < -0.4 is 5.73 Å². The highest BCUT2D eigenvalue weighted by atomic mass is 15.3. The molecule has 0 amide bonds. The van der Waals surface area contributed by atoms with Crippen molar-refractivity contribution in [2.45, 2.75) is 26.3 Å². The molecule has 1 aliphatic heterocycles. The van der Waals surface area contributed by atoms with Crippen LogP contribution in [-0.4, -0.2) is 34.3 Å². The lowest BCUT2D eigenvalue weighted by atomic mass is 10.0. The summed E-state index contributed by atoms with van der Waals surface area (Å²) >= 11 is 0. The van der Waals surface area contributed by atoms with Crippen LogP contribution >= 0.6 is 0 Å². The van der Waals surface area contributed by atoms with Gasteiger partial charge in [0.2, 0.25) is 0 Å². The molecule has 0 aromatic carbocycles. The van der Waals surface area contributed by atoms with Crippen molar-refractivity contribution in [3.8, 4) is 0 Å². The van der Waals surface area contributed by atoms with E-state index in [-0.39, 0.29) is 0 Å². The van der Waals surface area contributed by atoms with Crippen LogP contribution in [-0.2, 0) is 20.0 Å². The van der Waals surface area contributed by atoms with Gasteiger partial charge in [0.25, 0.3) is 0 Å². The van der Waals surface area contributed by atoms with Gasteiger partial charge < -0.3 is 10.6 Å². The van der Waals surface area contributed by atoms with E-state index in [1.165, 1.54) is 31.7 Å². The van der Waals surface area contributed by atoms with Gasteiger partial charge in [-0.2, -0.15) is 5.10 Å².